The molecule has 0 rings (SSSR count). The van der Waals surface area contributed by atoms with Crippen LogP contribution in [0.15, 0.2) is 0 Å². The zero-order chi connectivity index (χ0) is 44.9. The van der Waals surface area contributed by atoms with Gasteiger partial charge >= 0.3 is 17.9 Å². The number of carbonyl (C=O) groups excluding carboxylic acids is 3. The molecule has 0 aliphatic carbocycles. The Labute approximate surface area is 380 Å². The van der Waals surface area contributed by atoms with Gasteiger partial charge in [-0.15, -0.1) is 0 Å². The van der Waals surface area contributed by atoms with Crippen molar-refractivity contribution in [2.24, 2.45) is 17.8 Å². The smallest absolute Gasteiger partial charge is 0.306 e. The van der Waals surface area contributed by atoms with Crippen molar-refractivity contribution < 1.29 is 28.6 Å². The van der Waals surface area contributed by atoms with Gasteiger partial charge in [0.05, 0.1) is 0 Å². The van der Waals surface area contributed by atoms with Crippen LogP contribution >= 0.6 is 0 Å². The first-order valence-corrected chi connectivity index (χ1v) is 27.1. The maximum atomic E-state index is 12.8. The van der Waals surface area contributed by atoms with Gasteiger partial charge in [0.2, 0.25) is 0 Å². The number of rotatable bonds is 48. The minimum absolute atomic E-state index is 0.0648. The maximum Gasteiger partial charge on any atom is 0.306 e. The fraction of sp³-hybridized carbons (Fsp3) is 0.945. The van der Waals surface area contributed by atoms with Crippen LogP contribution in [0, 0.1) is 17.8 Å². The van der Waals surface area contributed by atoms with Crippen molar-refractivity contribution in [1.29, 1.82) is 0 Å². The van der Waals surface area contributed by atoms with Crippen LogP contribution in [0.1, 0.15) is 298 Å². The largest absolute Gasteiger partial charge is 0.462 e. The molecule has 0 aliphatic heterocycles. The molecule has 0 spiro atoms. The van der Waals surface area contributed by atoms with Crippen LogP contribution in [-0.4, -0.2) is 37.2 Å². The quantitative estimate of drug-likeness (QED) is 0.0344. The number of hydrogen-bond donors (Lipinski definition) is 0. The lowest BCUT2D eigenvalue weighted by Gasteiger charge is -2.18. The molecule has 0 fully saturated rings. The van der Waals surface area contributed by atoms with Crippen LogP contribution in [-0.2, 0) is 28.6 Å². The van der Waals surface area contributed by atoms with Gasteiger partial charge in [0.15, 0.2) is 6.10 Å². The van der Waals surface area contributed by atoms with Crippen LogP contribution in [0.5, 0.6) is 0 Å². The Morgan fingerprint density at radius 3 is 0.852 bits per heavy atom. The maximum absolute atomic E-state index is 12.8. The summed E-state index contributed by atoms with van der Waals surface area (Å²) in [6.07, 6.45) is 46.7. The summed E-state index contributed by atoms with van der Waals surface area (Å²) < 4.78 is 16.8. The van der Waals surface area contributed by atoms with E-state index in [1.165, 1.54) is 180 Å². The molecule has 2 atom stereocenters. The summed E-state index contributed by atoms with van der Waals surface area (Å²) in [5, 5.41) is 0. The molecule has 0 N–H and O–H groups in total. The second kappa shape index (κ2) is 46.4. The Kier molecular flexibility index (Phi) is 45.2. The van der Waals surface area contributed by atoms with E-state index in [0.717, 1.165) is 75.5 Å². The van der Waals surface area contributed by atoms with Gasteiger partial charge in [-0.25, -0.2) is 0 Å². The van der Waals surface area contributed by atoms with Gasteiger partial charge in [-0.2, -0.15) is 0 Å². The highest BCUT2D eigenvalue weighted by molar-refractivity contribution is 5.71. The Morgan fingerprint density at radius 1 is 0.328 bits per heavy atom. The van der Waals surface area contributed by atoms with Crippen molar-refractivity contribution >= 4 is 17.9 Å². The number of hydrogen-bond acceptors (Lipinski definition) is 6. The lowest BCUT2D eigenvalue weighted by molar-refractivity contribution is -0.167. The monoisotopic (exact) mass is 863 g/mol. The van der Waals surface area contributed by atoms with Gasteiger partial charge in [0.1, 0.15) is 13.2 Å². The number of unbranched alkanes of at least 4 members (excludes halogenated alkanes) is 30. The molecule has 0 amide bonds. The highest BCUT2D eigenvalue weighted by Crippen LogP contribution is 2.18. The predicted octanol–water partition coefficient (Wildman–Crippen LogP) is 17.6. The minimum atomic E-state index is -0.763. The van der Waals surface area contributed by atoms with Gasteiger partial charge in [-0.05, 0) is 37.0 Å². The molecule has 0 aromatic carbocycles. The summed E-state index contributed by atoms with van der Waals surface area (Å²) in [4.78, 5) is 38.0. The zero-order valence-electron chi connectivity index (χ0n) is 42.0. The molecule has 0 saturated carbocycles. The second-order valence-corrected chi connectivity index (χ2v) is 20.1. The normalized spacial score (nSPS) is 12.6. The van der Waals surface area contributed by atoms with Gasteiger partial charge in [-0.1, -0.05) is 260 Å². The molecule has 362 valence electrons. The highest BCUT2D eigenvalue weighted by Gasteiger charge is 2.19. The fourth-order valence-electron chi connectivity index (χ4n) is 8.26. The van der Waals surface area contributed by atoms with Crippen LogP contribution in [0.25, 0.3) is 0 Å². The summed E-state index contributed by atoms with van der Waals surface area (Å²) in [6, 6.07) is 0. The number of ether oxygens (including phenoxy) is 3. The molecule has 0 bridgehead atoms. The molecule has 0 radical (unpaired) electrons. The second-order valence-electron chi connectivity index (χ2n) is 20.1. The van der Waals surface area contributed by atoms with Crippen LogP contribution < -0.4 is 0 Å². The molecular weight excluding hydrogens is 757 g/mol. The predicted molar refractivity (Wildman–Crippen MR) is 261 cm³/mol. The average Bonchev–Trinajstić information content (AvgIpc) is 3.23. The van der Waals surface area contributed by atoms with Crippen LogP contribution in [0.3, 0.4) is 0 Å². The Morgan fingerprint density at radius 2 is 0.574 bits per heavy atom. The van der Waals surface area contributed by atoms with Crippen molar-refractivity contribution in [3.8, 4) is 0 Å². The van der Waals surface area contributed by atoms with E-state index in [4.69, 9.17) is 14.2 Å². The summed E-state index contributed by atoms with van der Waals surface area (Å²) in [5.41, 5.74) is 0. The van der Waals surface area contributed by atoms with E-state index in [1.54, 1.807) is 0 Å². The molecule has 0 saturated heterocycles. The van der Waals surface area contributed by atoms with E-state index in [-0.39, 0.29) is 31.1 Å². The molecule has 6 nitrogen and oxygen atoms in total. The minimum Gasteiger partial charge on any atom is -0.462 e. The third kappa shape index (κ3) is 47.7. The number of carbonyl (C=O) groups is 3. The van der Waals surface area contributed by atoms with E-state index in [9.17, 15) is 14.4 Å². The molecule has 0 aliphatic rings. The standard InChI is InChI=1S/C55H106O6/c1-7-51(6)43-37-31-27-28-33-39-45-54(57)60-48-52(61-55(58)46-40-34-26-22-18-14-16-20-24-30-36-42-50(4)5)47-59-53(56)44-38-32-25-21-17-13-11-9-8-10-12-15-19-23-29-35-41-49(2)3/h49-52H,7-48H2,1-6H3/t51?,52-/m0/s1. The van der Waals surface area contributed by atoms with E-state index < -0.39 is 6.10 Å². The Hall–Kier alpha value is -1.59. The van der Waals surface area contributed by atoms with Crippen LogP contribution in [0.2, 0.25) is 0 Å². The number of esters is 3. The molecule has 6 heteroatoms. The van der Waals surface area contributed by atoms with Crippen molar-refractivity contribution in [3.05, 3.63) is 0 Å². The molecular formula is C55H106O6. The molecule has 0 aromatic rings. The Balaban J connectivity index is 4.25. The molecule has 1 unspecified atom stereocenters. The lowest BCUT2D eigenvalue weighted by atomic mass is 10.00. The SMILES string of the molecule is CCC(C)CCCCCCCCC(=O)OC[C@H](COC(=O)CCCCCCCCCCCCCCCCCCC(C)C)OC(=O)CCCCCCCCCCCCCC(C)C. The third-order valence-electron chi connectivity index (χ3n) is 12.8. The van der Waals surface area contributed by atoms with Gasteiger partial charge < -0.3 is 14.2 Å². The third-order valence-corrected chi connectivity index (χ3v) is 12.8. The summed E-state index contributed by atoms with van der Waals surface area (Å²) in [7, 11) is 0. The fourth-order valence-corrected chi connectivity index (χ4v) is 8.26. The first-order valence-electron chi connectivity index (χ1n) is 27.1. The van der Waals surface area contributed by atoms with E-state index in [2.05, 4.69) is 41.5 Å². The van der Waals surface area contributed by atoms with Gasteiger partial charge in [-0.3, -0.25) is 14.4 Å². The van der Waals surface area contributed by atoms with Crippen molar-refractivity contribution in [3.63, 3.8) is 0 Å². The highest BCUT2D eigenvalue weighted by atomic mass is 16.6. The van der Waals surface area contributed by atoms with E-state index in [0.29, 0.717) is 19.3 Å². The molecule has 0 heterocycles. The topological polar surface area (TPSA) is 78.9 Å². The summed E-state index contributed by atoms with van der Waals surface area (Å²) in [5.74, 6) is 1.64. The molecule has 61 heavy (non-hydrogen) atoms. The Bertz CT molecular complexity index is 947. The lowest BCUT2D eigenvalue weighted by Crippen LogP contribution is -2.30. The van der Waals surface area contributed by atoms with Crippen molar-refractivity contribution in [2.75, 3.05) is 13.2 Å². The molecule has 0 aromatic heterocycles. The summed E-state index contributed by atoms with van der Waals surface area (Å²) in [6.45, 7) is 13.7. The average molecular weight is 863 g/mol. The van der Waals surface area contributed by atoms with Crippen LogP contribution in [0.4, 0.5) is 0 Å². The zero-order valence-corrected chi connectivity index (χ0v) is 42.0. The first-order chi connectivity index (χ1) is 29.6. The van der Waals surface area contributed by atoms with Crippen molar-refractivity contribution in [1.82, 2.24) is 0 Å². The first kappa shape index (κ1) is 59.4. The van der Waals surface area contributed by atoms with Crippen molar-refractivity contribution in [2.45, 2.75) is 304 Å². The van der Waals surface area contributed by atoms with Gasteiger partial charge in [0, 0.05) is 19.3 Å². The summed E-state index contributed by atoms with van der Waals surface area (Å²) >= 11 is 0. The van der Waals surface area contributed by atoms with Gasteiger partial charge in [0.25, 0.3) is 0 Å². The van der Waals surface area contributed by atoms with E-state index in [1.807, 2.05) is 0 Å². The van der Waals surface area contributed by atoms with E-state index >= 15 is 0 Å².